The van der Waals surface area contributed by atoms with Crippen LogP contribution in [0, 0.1) is 17.3 Å². The Bertz CT molecular complexity index is 323. The number of rotatable bonds is 0. The normalized spacial score (nSPS) is 54.6. The topological polar surface area (TPSA) is 27.7 Å². The molecule has 4 heteroatoms. The highest BCUT2D eigenvalue weighted by molar-refractivity contribution is 6.40. The Morgan fingerprint density at radius 2 is 1.86 bits per heavy atom. The Hall–Kier alpha value is -0.0551. The highest BCUT2D eigenvalue weighted by Gasteiger charge is 2.82. The van der Waals surface area contributed by atoms with Gasteiger partial charge in [-0.25, -0.2) is 0 Å². The Labute approximate surface area is 84.3 Å². The lowest BCUT2D eigenvalue weighted by atomic mass is 9.42. The molecule has 3 aliphatic heterocycles. The molecule has 6 fully saturated rings. The summed E-state index contributed by atoms with van der Waals surface area (Å²) in [5.41, 5.74) is 0.222. The minimum atomic E-state index is -0.374. The third-order valence-corrected chi connectivity index (χ3v) is 5.32. The van der Waals surface area contributed by atoms with E-state index in [1.807, 2.05) is 0 Å². The van der Waals surface area contributed by atoms with E-state index in [9.17, 15) is 0 Å². The van der Waals surface area contributed by atoms with Gasteiger partial charge in [0.15, 0.2) is 5.79 Å². The molecule has 6 aliphatic rings. The van der Waals surface area contributed by atoms with Gasteiger partial charge < -0.3 is 14.0 Å². The monoisotopic (exact) mass is 194 g/mol. The molecule has 14 heavy (non-hydrogen) atoms. The minimum absolute atomic E-state index is 0.185. The summed E-state index contributed by atoms with van der Waals surface area (Å²) in [4.78, 5) is 0. The molecule has 6 rings (SSSR count). The predicted octanol–water partition coefficient (Wildman–Crippen LogP) is 1.57. The zero-order valence-electron chi connectivity index (χ0n) is 8.87. The van der Waals surface area contributed by atoms with Gasteiger partial charge in [-0.05, 0) is 30.6 Å². The fraction of sp³-hybridized carbons (Fsp3) is 1.00. The van der Waals surface area contributed by atoms with E-state index in [1.54, 1.807) is 0 Å². The van der Waals surface area contributed by atoms with Crippen LogP contribution in [-0.2, 0) is 14.0 Å². The molecule has 76 valence electrons. The summed E-state index contributed by atoms with van der Waals surface area (Å²) in [5, 5.41) is 0. The van der Waals surface area contributed by atoms with Crippen molar-refractivity contribution >= 4 is 7.32 Å². The predicted molar refractivity (Wildman–Crippen MR) is 50.1 cm³/mol. The van der Waals surface area contributed by atoms with E-state index in [0.29, 0.717) is 11.3 Å². The highest BCUT2D eigenvalue weighted by atomic mass is 16.9. The molecule has 3 unspecified atom stereocenters. The van der Waals surface area contributed by atoms with Crippen LogP contribution < -0.4 is 0 Å². The van der Waals surface area contributed by atoms with Crippen molar-refractivity contribution in [2.75, 3.05) is 0 Å². The Kier molecular flexibility index (Phi) is 1.05. The molecule has 0 amide bonds. The van der Waals surface area contributed by atoms with E-state index in [-0.39, 0.29) is 18.7 Å². The quantitative estimate of drug-likeness (QED) is 0.547. The van der Waals surface area contributed by atoms with Crippen LogP contribution >= 0.6 is 0 Å². The van der Waals surface area contributed by atoms with E-state index in [2.05, 4.69) is 20.8 Å². The van der Waals surface area contributed by atoms with Crippen LogP contribution in [0.5, 0.6) is 0 Å². The van der Waals surface area contributed by atoms with E-state index < -0.39 is 0 Å². The first-order chi connectivity index (χ1) is 6.48. The van der Waals surface area contributed by atoms with Crippen LogP contribution in [0.15, 0.2) is 0 Å². The Morgan fingerprint density at radius 3 is 2.50 bits per heavy atom. The average molecular weight is 194 g/mol. The molecule has 3 nitrogen and oxygen atoms in total. The summed E-state index contributed by atoms with van der Waals surface area (Å²) in [6.45, 7) is 6.87. The van der Waals surface area contributed by atoms with Crippen molar-refractivity contribution in [1.82, 2.24) is 0 Å². The highest BCUT2D eigenvalue weighted by Crippen LogP contribution is 2.72. The number of hydrogen-bond acceptors (Lipinski definition) is 3. The Balaban J connectivity index is 1.83. The van der Waals surface area contributed by atoms with Crippen LogP contribution in [0.1, 0.15) is 33.6 Å². The van der Waals surface area contributed by atoms with Crippen molar-refractivity contribution in [2.24, 2.45) is 17.3 Å². The van der Waals surface area contributed by atoms with E-state index in [0.717, 1.165) is 12.3 Å². The van der Waals surface area contributed by atoms with Gasteiger partial charge in [-0.15, -0.1) is 0 Å². The lowest BCUT2D eigenvalue weighted by Crippen LogP contribution is -2.72. The molecule has 0 aromatic carbocycles. The van der Waals surface area contributed by atoms with Crippen LogP contribution in [0.25, 0.3) is 0 Å². The molecule has 3 saturated heterocycles. The molecular formula is C10H15BO3. The second-order valence-corrected chi connectivity index (χ2v) is 6.01. The Morgan fingerprint density at radius 1 is 1.14 bits per heavy atom. The van der Waals surface area contributed by atoms with Crippen LogP contribution in [0.3, 0.4) is 0 Å². The maximum atomic E-state index is 5.86. The second-order valence-electron chi connectivity index (χ2n) is 6.01. The van der Waals surface area contributed by atoms with E-state index >= 15 is 0 Å². The number of hydrogen-bond donors (Lipinski definition) is 0. The second kappa shape index (κ2) is 1.81. The standard InChI is InChI=1S/C10H15BO3/c1-8(2)6-4-7(8)9(3)10(5-6)13-11(12-9)14-10/h6-7H,4-5H2,1-3H3. The smallest absolute Gasteiger partial charge is 0.375 e. The lowest BCUT2D eigenvalue weighted by Gasteiger charge is -2.67. The minimum Gasteiger partial charge on any atom is -0.375 e. The third kappa shape index (κ3) is 0.551. The molecule has 3 atom stereocenters. The van der Waals surface area contributed by atoms with Gasteiger partial charge in [0.25, 0.3) is 0 Å². The summed E-state index contributed by atoms with van der Waals surface area (Å²) in [6.07, 6.45) is 2.30. The van der Waals surface area contributed by atoms with Gasteiger partial charge in [0.2, 0.25) is 0 Å². The first kappa shape index (κ1) is 8.14. The maximum Gasteiger partial charge on any atom is 0.644 e. The molecule has 0 aromatic heterocycles. The fourth-order valence-corrected chi connectivity index (χ4v) is 4.16. The van der Waals surface area contributed by atoms with Crippen molar-refractivity contribution in [2.45, 2.75) is 45.0 Å². The molecule has 3 aliphatic carbocycles. The van der Waals surface area contributed by atoms with Crippen molar-refractivity contribution in [3.05, 3.63) is 0 Å². The largest absolute Gasteiger partial charge is 0.644 e. The van der Waals surface area contributed by atoms with Gasteiger partial charge in [0, 0.05) is 6.42 Å². The molecule has 0 N–H and O–H groups in total. The molecule has 0 radical (unpaired) electrons. The van der Waals surface area contributed by atoms with Crippen LogP contribution in [-0.4, -0.2) is 18.7 Å². The van der Waals surface area contributed by atoms with Crippen LogP contribution in [0.4, 0.5) is 0 Å². The molecule has 3 heterocycles. The van der Waals surface area contributed by atoms with Gasteiger partial charge >= 0.3 is 7.32 Å². The molecular weight excluding hydrogens is 179 g/mol. The zero-order chi connectivity index (χ0) is 9.77. The van der Waals surface area contributed by atoms with Crippen molar-refractivity contribution < 1.29 is 14.0 Å². The maximum absolute atomic E-state index is 5.86. The summed E-state index contributed by atoms with van der Waals surface area (Å²) in [7, 11) is -0.366. The van der Waals surface area contributed by atoms with Gasteiger partial charge in [-0.1, -0.05) is 13.8 Å². The van der Waals surface area contributed by atoms with Gasteiger partial charge in [-0.2, -0.15) is 0 Å². The SMILES string of the molecule is CC1(C)C2CC1C1(C)OB3OC1(C2)O3. The third-order valence-electron chi connectivity index (χ3n) is 5.32. The average Bonchev–Trinajstić information content (AvgIpc) is 2.48. The van der Waals surface area contributed by atoms with Gasteiger partial charge in [0.1, 0.15) is 5.60 Å². The van der Waals surface area contributed by atoms with Crippen molar-refractivity contribution in [3.8, 4) is 0 Å². The fourth-order valence-electron chi connectivity index (χ4n) is 4.16. The van der Waals surface area contributed by atoms with Crippen molar-refractivity contribution in [1.29, 1.82) is 0 Å². The lowest BCUT2D eigenvalue weighted by molar-refractivity contribution is -0.319. The molecule has 1 spiro atoms. The van der Waals surface area contributed by atoms with Crippen molar-refractivity contribution in [3.63, 3.8) is 0 Å². The van der Waals surface area contributed by atoms with Gasteiger partial charge in [0.05, 0.1) is 0 Å². The summed E-state index contributed by atoms with van der Waals surface area (Å²) in [5.74, 6) is 0.977. The first-order valence-corrected chi connectivity index (χ1v) is 5.51. The molecule has 0 aromatic rings. The van der Waals surface area contributed by atoms with Gasteiger partial charge in [-0.3, -0.25) is 0 Å². The molecule has 3 saturated carbocycles. The summed E-state index contributed by atoms with van der Waals surface area (Å²) in [6, 6.07) is 0. The summed E-state index contributed by atoms with van der Waals surface area (Å²) >= 11 is 0. The van der Waals surface area contributed by atoms with Crippen LogP contribution in [0.2, 0.25) is 0 Å². The zero-order valence-corrected chi connectivity index (χ0v) is 8.87. The van der Waals surface area contributed by atoms with E-state index in [1.165, 1.54) is 6.42 Å². The first-order valence-electron chi connectivity index (χ1n) is 5.51. The van der Waals surface area contributed by atoms with E-state index in [4.69, 9.17) is 14.0 Å². The molecule has 4 bridgehead atoms. The summed E-state index contributed by atoms with van der Waals surface area (Å²) < 4.78 is 17.2.